The highest BCUT2D eigenvalue weighted by Crippen LogP contribution is 2.35. The van der Waals surface area contributed by atoms with E-state index in [9.17, 15) is 14.0 Å². The van der Waals surface area contributed by atoms with Gasteiger partial charge in [0, 0.05) is 22.4 Å². The summed E-state index contributed by atoms with van der Waals surface area (Å²) < 4.78 is 13.2. The molecule has 0 radical (unpaired) electrons. The van der Waals surface area contributed by atoms with Gasteiger partial charge in [-0.25, -0.2) is 9.82 Å². The maximum atomic E-state index is 13.2. The lowest BCUT2D eigenvalue weighted by Gasteiger charge is -2.13. The Bertz CT molecular complexity index is 1050. The van der Waals surface area contributed by atoms with Crippen LogP contribution in [0.5, 0.6) is 0 Å². The lowest BCUT2D eigenvalue weighted by Crippen LogP contribution is -2.19. The average Bonchev–Trinajstić information content (AvgIpc) is 3.12. The number of hydrogen-bond donors (Lipinski definition) is 4. The number of primary amides is 1. The molecule has 1 unspecified atom stereocenters. The molecule has 1 aliphatic rings. The highest BCUT2D eigenvalue weighted by molar-refractivity contribution is 6.05. The lowest BCUT2D eigenvalue weighted by molar-refractivity contribution is 0.0995. The topological polar surface area (TPSA) is 96.2 Å². The molecule has 2 amide bonds. The molecule has 0 aromatic heterocycles. The molecule has 0 aliphatic carbocycles. The molecule has 7 heteroatoms. The summed E-state index contributed by atoms with van der Waals surface area (Å²) in [5, 5.41) is 2.85. The van der Waals surface area contributed by atoms with E-state index in [1.807, 2.05) is 12.1 Å². The zero-order chi connectivity index (χ0) is 19.7. The first-order valence-electron chi connectivity index (χ1n) is 8.63. The van der Waals surface area contributed by atoms with Crippen molar-refractivity contribution >= 4 is 23.2 Å². The van der Waals surface area contributed by atoms with Crippen LogP contribution >= 0.6 is 0 Å². The van der Waals surface area contributed by atoms with Crippen molar-refractivity contribution in [2.45, 2.75) is 6.04 Å². The van der Waals surface area contributed by atoms with Crippen LogP contribution in [0.15, 0.2) is 66.7 Å². The number of nitrogens with one attached hydrogen (secondary N) is 3. The maximum Gasteiger partial charge on any atom is 0.255 e. The van der Waals surface area contributed by atoms with Gasteiger partial charge in [-0.05, 0) is 60.2 Å². The van der Waals surface area contributed by atoms with Gasteiger partial charge < -0.3 is 16.5 Å². The molecule has 3 aromatic rings. The fourth-order valence-electron chi connectivity index (χ4n) is 3.13. The predicted molar refractivity (Wildman–Crippen MR) is 104 cm³/mol. The summed E-state index contributed by atoms with van der Waals surface area (Å²) in [5.41, 5.74) is 15.6. The van der Waals surface area contributed by atoms with Gasteiger partial charge in [0.25, 0.3) is 5.91 Å². The van der Waals surface area contributed by atoms with Gasteiger partial charge in [0.2, 0.25) is 5.91 Å². The van der Waals surface area contributed by atoms with E-state index in [2.05, 4.69) is 16.2 Å². The van der Waals surface area contributed by atoms with Crippen LogP contribution in [0, 0.1) is 5.82 Å². The Labute approximate surface area is 160 Å². The number of halogens is 1. The molecule has 140 valence electrons. The molecule has 0 saturated carbocycles. The molecular formula is C21H17FN4O2. The van der Waals surface area contributed by atoms with Crippen molar-refractivity contribution in [1.82, 2.24) is 5.43 Å². The molecule has 28 heavy (non-hydrogen) atoms. The van der Waals surface area contributed by atoms with Crippen LogP contribution in [0.1, 0.15) is 37.9 Å². The van der Waals surface area contributed by atoms with Gasteiger partial charge in [0.15, 0.2) is 0 Å². The van der Waals surface area contributed by atoms with Gasteiger partial charge in [-0.15, -0.1) is 0 Å². The average molecular weight is 376 g/mol. The fraction of sp³-hybridized carbons (Fsp3) is 0.0476. The van der Waals surface area contributed by atoms with E-state index in [0.717, 1.165) is 16.8 Å². The van der Waals surface area contributed by atoms with Crippen molar-refractivity contribution in [3.8, 4) is 0 Å². The van der Waals surface area contributed by atoms with Crippen molar-refractivity contribution in [3.05, 3.63) is 94.8 Å². The summed E-state index contributed by atoms with van der Waals surface area (Å²) in [7, 11) is 0. The molecule has 0 saturated heterocycles. The normalized spacial score (nSPS) is 14.8. The predicted octanol–water partition coefficient (Wildman–Crippen LogP) is 3.20. The first-order chi connectivity index (χ1) is 13.5. The molecule has 6 nitrogen and oxygen atoms in total. The molecular weight excluding hydrogens is 359 g/mol. The van der Waals surface area contributed by atoms with Gasteiger partial charge in [-0.3, -0.25) is 9.59 Å². The number of hydrogen-bond acceptors (Lipinski definition) is 4. The van der Waals surface area contributed by atoms with Crippen molar-refractivity contribution in [3.63, 3.8) is 0 Å². The monoisotopic (exact) mass is 376 g/mol. The molecule has 1 aliphatic heterocycles. The standard InChI is InChI=1S/C21H17FN4O2/c22-15-7-5-12(6-8-15)19-17-11-16(9-10-18(17)25-26-19)24-21(28)14-3-1-13(2-4-14)20(23)27/h1-11,19,25-26H,(H2,23,27)(H,24,28). The fourth-order valence-corrected chi connectivity index (χ4v) is 3.13. The van der Waals surface area contributed by atoms with Crippen LogP contribution in [-0.4, -0.2) is 11.8 Å². The number of benzene rings is 3. The van der Waals surface area contributed by atoms with E-state index < -0.39 is 5.91 Å². The van der Waals surface area contributed by atoms with Crippen LogP contribution in [0.4, 0.5) is 15.8 Å². The van der Waals surface area contributed by atoms with E-state index in [0.29, 0.717) is 16.8 Å². The molecule has 1 atom stereocenters. The van der Waals surface area contributed by atoms with Gasteiger partial charge in [0.1, 0.15) is 5.82 Å². The Balaban J connectivity index is 1.55. The van der Waals surface area contributed by atoms with Gasteiger partial charge in [-0.2, -0.15) is 0 Å². The van der Waals surface area contributed by atoms with E-state index in [4.69, 9.17) is 5.73 Å². The summed E-state index contributed by atoms with van der Waals surface area (Å²) in [6.07, 6.45) is 0. The minimum atomic E-state index is -0.544. The van der Waals surface area contributed by atoms with E-state index in [-0.39, 0.29) is 17.8 Å². The van der Waals surface area contributed by atoms with Crippen LogP contribution in [-0.2, 0) is 0 Å². The number of hydrazine groups is 1. The SMILES string of the molecule is NC(=O)c1ccc(C(=O)Nc2ccc3c(c2)C(c2ccc(F)cc2)NN3)cc1. The number of carbonyl (C=O) groups excluding carboxylic acids is 2. The van der Waals surface area contributed by atoms with Crippen molar-refractivity contribution in [1.29, 1.82) is 0 Å². The van der Waals surface area contributed by atoms with E-state index >= 15 is 0 Å². The number of nitrogens with two attached hydrogens (primary N) is 1. The number of rotatable bonds is 4. The zero-order valence-electron chi connectivity index (χ0n) is 14.7. The number of carbonyl (C=O) groups is 2. The molecule has 3 aromatic carbocycles. The minimum absolute atomic E-state index is 0.165. The third-order valence-corrected chi connectivity index (χ3v) is 4.61. The third kappa shape index (κ3) is 3.43. The van der Waals surface area contributed by atoms with Gasteiger partial charge >= 0.3 is 0 Å². The molecule has 0 bridgehead atoms. The molecule has 1 heterocycles. The lowest BCUT2D eigenvalue weighted by atomic mass is 9.98. The van der Waals surface area contributed by atoms with Crippen molar-refractivity contribution in [2.75, 3.05) is 10.7 Å². The largest absolute Gasteiger partial charge is 0.366 e. The second-order valence-electron chi connectivity index (χ2n) is 6.45. The Morgan fingerprint density at radius 3 is 2.29 bits per heavy atom. The highest BCUT2D eigenvalue weighted by Gasteiger charge is 2.24. The smallest absolute Gasteiger partial charge is 0.255 e. The van der Waals surface area contributed by atoms with Crippen LogP contribution < -0.4 is 21.9 Å². The van der Waals surface area contributed by atoms with Crippen molar-refractivity contribution in [2.24, 2.45) is 5.73 Å². The summed E-state index contributed by atoms with van der Waals surface area (Å²) in [4.78, 5) is 23.6. The number of fused-ring (bicyclic) bond motifs is 1. The first kappa shape index (κ1) is 17.7. The number of amides is 2. The van der Waals surface area contributed by atoms with Crippen LogP contribution in [0.2, 0.25) is 0 Å². The summed E-state index contributed by atoms with van der Waals surface area (Å²) >= 11 is 0. The minimum Gasteiger partial charge on any atom is -0.366 e. The van der Waals surface area contributed by atoms with Crippen LogP contribution in [0.25, 0.3) is 0 Å². The van der Waals surface area contributed by atoms with Gasteiger partial charge in [0.05, 0.1) is 11.7 Å². The van der Waals surface area contributed by atoms with Gasteiger partial charge in [-0.1, -0.05) is 12.1 Å². The molecule has 0 fully saturated rings. The quantitative estimate of drug-likeness (QED) is 0.562. The second kappa shape index (κ2) is 7.13. The van der Waals surface area contributed by atoms with E-state index in [1.54, 1.807) is 30.3 Å². The summed E-state index contributed by atoms with van der Waals surface area (Å²) in [6.45, 7) is 0. The Morgan fingerprint density at radius 2 is 1.61 bits per heavy atom. The third-order valence-electron chi connectivity index (χ3n) is 4.61. The Kier molecular flexibility index (Phi) is 4.50. The summed E-state index contributed by atoms with van der Waals surface area (Å²) in [5.74, 6) is -1.14. The Morgan fingerprint density at radius 1 is 0.929 bits per heavy atom. The maximum absolute atomic E-state index is 13.2. The summed E-state index contributed by atoms with van der Waals surface area (Å²) in [6, 6.07) is 17.7. The molecule has 4 rings (SSSR count). The first-order valence-corrected chi connectivity index (χ1v) is 8.63. The number of anilines is 2. The molecule has 0 spiro atoms. The molecule has 5 N–H and O–H groups in total. The second-order valence-corrected chi connectivity index (χ2v) is 6.45. The van der Waals surface area contributed by atoms with E-state index in [1.165, 1.54) is 24.3 Å². The zero-order valence-corrected chi connectivity index (χ0v) is 14.7. The Hall–Kier alpha value is -3.71. The highest BCUT2D eigenvalue weighted by atomic mass is 19.1. The van der Waals surface area contributed by atoms with Crippen molar-refractivity contribution < 1.29 is 14.0 Å². The van der Waals surface area contributed by atoms with Crippen LogP contribution in [0.3, 0.4) is 0 Å².